The minimum absolute atomic E-state index is 0.654. The number of rotatable bonds is 7. The summed E-state index contributed by atoms with van der Waals surface area (Å²) in [6.45, 7) is 7.98. The number of nitrogens with one attached hydrogen (secondary N) is 1. The molecule has 0 aromatic heterocycles. The van der Waals surface area contributed by atoms with Crippen LogP contribution >= 0.6 is 11.8 Å². The highest BCUT2D eigenvalue weighted by atomic mass is 32.2. The van der Waals surface area contributed by atoms with Gasteiger partial charge in [0.05, 0.1) is 0 Å². The van der Waals surface area contributed by atoms with E-state index in [1.807, 2.05) is 0 Å². The summed E-state index contributed by atoms with van der Waals surface area (Å²) in [6.07, 6.45) is 4.39. The van der Waals surface area contributed by atoms with Crippen molar-refractivity contribution < 1.29 is 0 Å². The van der Waals surface area contributed by atoms with E-state index < -0.39 is 0 Å². The van der Waals surface area contributed by atoms with E-state index in [0.29, 0.717) is 6.04 Å². The Hall–Kier alpha value is 0.310. The first-order valence-corrected chi connectivity index (χ1v) is 7.20. The van der Waals surface area contributed by atoms with Crippen molar-refractivity contribution in [3.63, 3.8) is 0 Å². The smallest absolute Gasteiger partial charge is 0.00104 e. The van der Waals surface area contributed by atoms with Crippen LogP contribution in [0.5, 0.6) is 0 Å². The maximum atomic E-state index is 3.56. The SMILES string of the molecule is CCSCCC1CCC1CNC(C)C. The van der Waals surface area contributed by atoms with Gasteiger partial charge in [0.25, 0.3) is 0 Å². The third kappa shape index (κ3) is 4.22. The third-order valence-electron chi connectivity index (χ3n) is 3.20. The van der Waals surface area contributed by atoms with Crippen LogP contribution in [0.25, 0.3) is 0 Å². The van der Waals surface area contributed by atoms with E-state index in [-0.39, 0.29) is 0 Å². The van der Waals surface area contributed by atoms with E-state index >= 15 is 0 Å². The van der Waals surface area contributed by atoms with E-state index in [2.05, 4.69) is 37.8 Å². The quantitative estimate of drug-likeness (QED) is 0.655. The van der Waals surface area contributed by atoms with Gasteiger partial charge in [0, 0.05) is 6.04 Å². The summed E-state index contributed by atoms with van der Waals surface area (Å²) in [7, 11) is 0. The van der Waals surface area contributed by atoms with Crippen LogP contribution in [0.1, 0.15) is 40.0 Å². The molecule has 0 bridgehead atoms. The van der Waals surface area contributed by atoms with Gasteiger partial charge in [-0.3, -0.25) is 0 Å². The van der Waals surface area contributed by atoms with Crippen LogP contribution in [0.3, 0.4) is 0 Å². The summed E-state index contributed by atoms with van der Waals surface area (Å²) in [6, 6.07) is 0.654. The summed E-state index contributed by atoms with van der Waals surface area (Å²) >= 11 is 2.09. The highest BCUT2D eigenvalue weighted by molar-refractivity contribution is 7.99. The highest BCUT2D eigenvalue weighted by Crippen LogP contribution is 2.37. The maximum Gasteiger partial charge on any atom is 0.00104 e. The van der Waals surface area contributed by atoms with Gasteiger partial charge in [-0.1, -0.05) is 20.8 Å². The van der Waals surface area contributed by atoms with E-state index in [4.69, 9.17) is 0 Å². The molecule has 1 aliphatic rings. The molecule has 1 aliphatic carbocycles. The molecule has 0 spiro atoms. The number of hydrogen-bond acceptors (Lipinski definition) is 2. The van der Waals surface area contributed by atoms with Crippen molar-refractivity contribution in [1.82, 2.24) is 5.32 Å². The Morgan fingerprint density at radius 3 is 2.50 bits per heavy atom. The van der Waals surface area contributed by atoms with Crippen molar-refractivity contribution in [2.24, 2.45) is 11.8 Å². The van der Waals surface area contributed by atoms with Crippen molar-refractivity contribution in [2.45, 2.75) is 46.1 Å². The number of thioether (sulfide) groups is 1. The monoisotopic (exact) mass is 215 g/mol. The molecule has 14 heavy (non-hydrogen) atoms. The highest BCUT2D eigenvalue weighted by Gasteiger charge is 2.29. The minimum atomic E-state index is 0.654. The Balaban J connectivity index is 2.03. The average molecular weight is 215 g/mol. The minimum Gasteiger partial charge on any atom is -0.314 e. The zero-order valence-electron chi connectivity index (χ0n) is 9.88. The van der Waals surface area contributed by atoms with Crippen molar-refractivity contribution >= 4 is 11.8 Å². The molecule has 2 unspecified atom stereocenters. The predicted molar refractivity (Wildman–Crippen MR) is 67.0 cm³/mol. The summed E-state index contributed by atoms with van der Waals surface area (Å²) in [5.41, 5.74) is 0. The Bertz CT molecular complexity index is 147. The summed E-state index contributed by atoms with van der Waals surface area (Å²) in [5.74, 6) is 4.66. The molecule has 1 N–H and O–H groups in total. The molecule has 0 amide bonds. The van der Waals surface area contributed by atoms with Gasteiger partial charge in [0.1, 0.15) is 0 Å². The summed E-state index contributed by atoms with van der Waals surface area (Å²) < 4.78 is 0. The Labute approximate surface area is 93.4 Å². The van der Waals surface area contributed by atoms with Gasteiger partial charge >= 0.3 is 0 Å². The lowest BCUT2D eigenvalue weighted by Crippen LogP contribution is -2.38. The molecule has 0 aliphatic heterocycles. The van der Waals surface area contributed by atoms with Crippen LogP contribution in [-0.2, 0) is 0 Å². The lowest BCUT2D eigenvalue weighted by atomic mass is 9.72. The Morgan fingerprint density at radius 2 is 2.00 bits per heavy atom. The first-order chi connectivity index (χ1) is 6.74. The molecule has 84 valence electrons. The molecule has 0 saturated heterocycles. The lowest BCUT2D eigenvalue weighted by Gasteiger charge is -2.37. The van der Waals surface area contributed by atoms with Crippen LogP contribution < -0.4 is 5.32 Å². The van der Waals surface area contributed by atoms with Crippen molar-refractivity contribution in [1.29, 1.82) is 0 Å². The van der Waals surface area contributed by atoms with Crippen molar-refractivity contribution in [3.8, 4) is 0 Å². The van der Waals surface area contributed by atoms with Crippen molar-refractivity contribution in [3.05, 3.63) is 0 Å². The second-order valence-corrected chi connectivity index (χ2v) is 6.04. The van der Waals surface area contributed by atoms with Crippen LogP contribution in [0.15, 0.2) is 0 Å². The largest absolute Gasteiger partial charge is 0.314 e. The Morgan fingerprint density at radius 1 is 1.29 bits per heavy atom. The van der Waals surface area contributed by atoms with Gasteiger partial charge in [-0.25, -0.2) is 0 Å². The van der Waals surface area contributed by atoms with E-state index in [0.717, 1.165) is 11.8 Å². The molecule has 2 atom stereocenters. The second-order valence-electron chi connectivity index (χ2n) is 4.65. The van der Waals surface area contributed by atoms with Gasteiger partial charge in [0.15, 0.2) is 0 Å². The van der Waals surface area contributed by atoms with Crippen molar-refractivity contribution in [2.75, 3.05) is 18.1 Å². The third-order valence-corrected chi connectivity index (χ3v) is 4.13. The predicted octanol–water partition coefficient (Wildman–Crippen LogP) is 3.15. The summed E-state index contributed by atoms with van der Waals surface area (Å²) in [4.78, 5) is 0. The van der Waals surface area contributed by atoms with E-state index in [9.17, 15) is 0 Å². The van der Waals surface area contributed by atoms with Gasteiger partial charge in [-0.05, 0) is 49.1 Å². The van der Waals surface area contributed by atoms with E-state index in [1.54, 1.807) is 0 Å². The zero-order chi connectivity index (χ0) is 10.4. The normalized spacial score (nSPS) is 26.6. The molecule has 1 nitrogen and oxygen atoms in total. The zero-order valence-corrected chi connectivity index (χ0v) is 10.7. The molecule has 0 heterocycles. The second kappa shape index (κ2) is 6.73. The fourth-order valence-electron chi connectivity index (χ4n) is 2.05. The topological polar surface area (TPSA) is 12.0 Å². The molecule has 0 aromatic rings. The van der Waals surface area contributed by atoms with Crippen LogP contribution in [-0.4, -0.2) is 24.1 Å². The van der Waals surface area contributed by atoms with E-state index in [1.165, 1.54) is 37.3 Å². The van der Waals surface area contributed by atoms with Crippen LogP contribution in [0.4, 0.5) is 0 Å². The molecule has 1 fully saturated rings. The first kappa shape index (κ1) is 12.4. The van der Waals surface area contributed by atoms with Crippen LogP contribution in [0, 0.1) is 11.8 Å². The summed E-state index contributed by atoms with van der Waals surface area (Å²) in [5, 5.41) is 3.56. The Kier molecular flexibility index (Phi) is 5.95. The molecular weight excluding hydrogens is 190 g/mol. The molecule has 0 radical (unpaired) electrons. The van der Waals surface area contributed by atoms with Gasteiger partial charge in [0.2, 0.25) is 0 Å². The molecule has 0 aromatic carbocycles. The maximum absolute atomic E-state index is 3.56. The molecule has 1 saturated carbocycles. The van der Waals surface area contributed by atoms with Crippen LogP contribution in [0.2, 0.25) is 0 Å². The number of hydrogen-bond donors (Lipinski definition) is 1. The first-order valence-electron chi connectivity index (χ1n) is 6.05. The molecule has 1 rings (SSSR count). The standard InChI is InChI=1S/C12H25NS/c1-4-14-8-7-11-5-6-12(11)9-13-10(2)3/h10-13H,4-9H2,1-3H3. The fourth-order valence-corrected chi connectivity index (χ4v) is 2.81. The van der Waals surface area contributed by atoms with Gasteiger partial charge in [-0.15, -0.1) is 0 Å². The molecule has 2 heteroatoms. The lowest BCUT2D eigenvalue weighted by molar-refractivity contribution is 0.164. The average Bonchev–Trinajstić information content (AvgIpc) is 2.10. The fraction of sp³-hybridized carbons (Fsp3) is 1.00. The molecular formula is C12H25NS. The van der Waals surface area contributed by atoms with Gasteiger partial charge < -0.3 is 5.32 Å². The van der Waals surface area contributed by atoms with Gasteiger partial charge in [-0.2, -0.15) is 11.8 Å².